The van der Waals surface area contributed by atoms with E-state index in [1.807, 2.05) is 18.7 Å². The van der Waals surface area contributed by atoms with Crippen LogP contribution in [0.25, 0.3) is 0 Å². The predicted molar refractivity (Wildman–Crippen MR) is 69.0 cm³/mol. The molecule has 0 radical (unpaired) electrons. The Morgan fingerprint density at radius 2 is 2.12 bits per heavy atom. The topological polar surface area (TPSA) is 66.3 Å². The summed E-state index contributed by atoms with van der Waals surface area (Å²) in [5, 5.41) is 9.31. The molecule has 5 nitrogen and oxygen atoms in total. The summed E-state index contributed by atoms with van der Waals surface area (Å²) in [4.78, 5) is 20.8. The number of hydrogen-bond acceptors (Lipinski definition) is 5. The van der Waals surface area contributed by atoms with Crippen molar-refractivity contribution in [2.75, 3.05) is 23.7 Å². The van der Waals surface area contributed by atoms with Crippen LogP contribution in [0.15, 0.2) is 11.2 Å². The van der Waals surface area contributed by atoms with Gasteiger partial charge in [0.25, 0.3) is 0 Å². The van der Waals surface area contributed by atoms with Crippen LogP contribution >= 0.6 is 23.4 Å². The van der Waals surface area contributed by atoms with Gasteiger partial charge in [-0.05, 0) is 13.8 Å². The summed E-state index contributed by atoms with van der Waals surface area (Å²) in [5.74, 6) is -0.247. The molecule has 0 spiro atoms. The number of hydrogen-bond donors (Lipinski definition) is 1. The molecule has 7 heteroatoms. The van der Waals surface area contributed by atoms with E-state index in [4.69, 9.17) is 16.7 Å². The number of anilines is 1. The molecule has 1 heterocycles. The highest BCUT2D eigenvalue weighted by molar-refractivity contribution is 7.99. The minimum Gasteiger partial charge on any atom is -0.481 e. The Labute approximate surface area is 109 Å². The first-order valence-corrected chi connectivity index (χ1v) is 6.57. The summed E-state index contributed by atoms with van der Waals surface area (Å²) in [6.07, 6.45) is 0. The summed E-state index contributed by atoms with van der Waals surface area (Å²) >= 11 is 6.95. The minimum atomic E-state index is -0.900. The van der Waals surface area contributed by atoms with Crippen LogP contribution in [0.3, 0.4) is 0 Å². The zero-order chi connectivity index (χ0) is 12.8. The van der Waals surface area contributed by atoms with E-state index in [0.717, 1.165) is 30.7 Å². The molecule has 1 aromatic rings. The van der Waals surface area contributed by atoms with Crippen molar-refractivity contribution in [1.29, 1.82) is 0 Å². The number of halogens is 1. The fourth-order valence-corrected chi connectivity index (χ4v) is 2.09. The second-order valence-electron chi connectivity index (χ2n) is 3.19. The Hall–Kier alpha value is -1.01. The van der Waals surface area contributed by atoms with E-state index < -0.39 is 5.97 Å². The Morgan fingerprint density at radius 3 is 2.65 bits per heavy atom. The Bertz CT molecular complexity index is 399. The van der Waals surface area contributed by atoms with Crippen molar-refractivity contribution in [3.05, 3.63) is 11.2 Å². The average Bonchev–Trinajstić information content (AvgIpc) is 2.27. The van der Waals surface area contributed by atoms with Crippen molar-refractivity contribution in [2.24, 2.45) is 0 Å². The lowest BCUT2D eigenvalue weighted by atomic mass is 10.4. The summed E-state index contributed by atoms with van der Waals surface area (Å²) in [6.45, 7) is 5.66. The van der Waals surface area contributed by atoms with Crippen LogP contribution in [0, 0.1) is 0 Å². The maximum absolute atomic E-state index is 10.5. The smallest absolute Gasteiger partial charge is 0.313 e. The third-order valence-electron chi connectivity index (χ3n) is 2.07. The normalized spacial score (nSPS) is 10.3. The molecule has 1 N–H and O–H groups in total. The number of aromatic nitrogens is 2. The maximum Gasteiger partial charge on any atom is 0.313 e. The van der Waals surface area contributed by atoms with Gasteiger partial charge in [0, 0.05) is 19.2 Å². The molecule has 0 aliphatic carbocycles. The molecular weight excluding hydrogens is 262 g/mol. The fourth-order valence-electron chi connectivity index (χ4n) is 1.29. The summed E-state index contributed by atoms with van der Waals surface area (Å²) in [6, 6.07) is 1.68. The summed E-state index contributed by atoms with van der Waals surface area (Å²) in [5.41, 5.74) is 0. The van der Waals surface area contributed by atoms with Crippen LogP contribution < -0.4 is 4.90 Å². The first kappa shape index (κ1) is 14.1. The Kier molecular flexibility index (Phi) is 5.50. The molecule has 0 atom stereocenters. The number of aliphatic carboxylic acids is 1. The second-order valence-corrected chi connectivity index (χ2v) is 4.52. The lowest BCUT2D eigenvalue weighted by Crippen LogP contribution is -2.23. The van der Waals surface area contributed by atoms with Gasteiger partial charge in [-0.2, -0.15) is 0 Å². The molecule has 0 aliphatic heterocycles. The van der Waals surface area contributed by atoms with E-state index in [-0.39, 0.29) is 5.75 Å². The molecule has 1 rings (SSSR count). The number of carbonyl (C=O) groups is 1. The first-order chi connectivity index (χ1) is 8.06. The highest BCUT2D eigenvalue weighted by Gasteiger charge is 2.09. The second kappa shape index (κ2) is 6.66. The third kappa shape index (κ3) is 4.40. The molecule has 0 bridgehead atoms. The van der Waals surface area contributed by atoms with Crippen molar-refractivity contribution in [1.82, 2.24) is 9.97 Å². The lowest BCUT2D eigenvalue weighted by molar-refractivity contribution is -0.133. The Balaban J connectivity index is 2.89. The molecule has 94 valence electrons. The highest BCUT2D eigenvalue weighted by atomic mass is 35.5. The molecule has 17 heavy (non-hydrogen) atoms. The van der Waals surface area contributed by atoms with Crippen molar-refractivity contribution in [3.8, 4) is 0 Å². The van der Waals surface area contributed by atoms with Gasteiger partial charge in [0.1, 0.15) is 11.0 Å². The highest BCUT2D eigenvalue weighted by Crippen LogP contribution is 2.21. The average molecular weight is 276 g/mol. The van der Waals surface area contributed by atoms with Crippen LogP contribution in [0.1, 0.15) is 13.8 Å². The Morgan fingerprint density at radius 1 is 1.47 bits per heavy atom. The van der Waals surface area contributed by atoms with Crippen LogP contribution in [-0.4, -0.2) is 39.9 Å². The number of thioether (sulfide) groups is 1. The third-order valence-corrected chi connectivity index (χ3v) is 3.10. The molecular formula is C10H14ClN3O2S. The van der Waals surface area contributed by atoms with E-state index in [1.54, 1.807) is 6.07 Å². The molecule has 0 unspecified atom stereocenters. The largest absolute Gasteiger partial charge is 0.481 e. The monoisotopic (exact) mass is 275 g/mol. The first-order valence-electron chi connectivity index (χ1n) is 5.21. The standard InChI is InChI=1S/C10H14ClN3O2S/c1-3-14(4-2)8-5-7(11)12-10(13-8)17-6-9(15)16/h5H,3-4,6H2,1-2H3,(H,15,16). The van der Waals surface area contributed by atoms with Gasteiger partial charge in [-0.1, -0.05) is 23.4 Å². The van der Waals surface area contributed by atoms with Gasteiger partial charge >= 0.3 is 5.97 Å². The van der Waals surface area contributed by atoms with Crippen molar-refractivity contribution < 1.29 is 9.90 Å². The van der Waals surface area contributed by atoms with Gasteiger partial charge in [0.05, 0.1) is 5.75 Å². The maximum atomic E-state index is 10.5. The molecule has 0 aliphatic rings. The van der Waals surface area contributed by atoms with Crippen molar-refractivity contribution in [2.45, 2.75) is 19.0 Å². The predicted octanol–water partition coefficient (Wildman–Crippen LogP) is 2.15. The molecule has 0 saturated heterocycles. The minimum absolute atomic E-state index is 0.0714. The van der Waals surface area contributed by atoms with E-state index in [2.05, 4.69) is 9.97 Å². The molecule has 0 amide bonds. The molecule has 0 aromatic carbocycles. The summed E-state index contributed by atoms with van der Waals surface area (Å²) in [7, 11) is 0. The van der Waals surface area contributed by atoms with Gasteiger partial charge in [-0.3, -0.25) is 4.79 Å². The zero-order valence-corrected chi connectivity index (χ0v) is 11.3. The van der Waals surface area contributed by atoms with E-state index in [9.17, 15) is 4.79 Å². The number of rotatable bonds is 6. The molecule has 0 fully saturated rings. The molecule has 0 saturated carbocycles. The van der Waals surface area contributed by atoms with E-state index in [0.29, 0.717) is 10.3 Å². The quantitative estimate of drug-likeness (QED) is 0.487. The van der Waals surface area contributed by atoms with E-state index in [1.165, 1.54) is 0 Å². The van der Waals surface area contributed by atoms with Crippen LogP contribution in [0.2, 0.25) is 5.15 Å². The van der Waals surface area contributed by atoms with E-state index >= 15 is 0 Å². The van der Waals surface area contributed by atoms with Crippen LogP contribution in [0.4, 0.5) is 5.82 Å². The zero-order valence-electron chi connectivity index (χ0n) is 9.68. The van der Waals surface area contributed by atoms with Gasteiger partial charge in [0.2, 0.25) is 0 Å². The SMILES string of the molecule is CCN(CC)c1cc(Cl)nc(SCC(=O)O)n1. The molecule has 1 aromatic heterocycles. The lowest BCUT2D eigenvalue weighted by Gasteiger charge is -2.19. The van der Waals surface area contributed by atoms with Gasteiger partial charge in [0.15, 0.2) is 5.16 Å². The van der Waals surface area contributed by atoms with Crippen LogP contribution in [-0.2, 0) is 4.79 Å². The summed E-state index contributed by atoms with van der Waals surface area (Å²) < 4.78 is 0. The van der Waals surface area contributed by atoms with Gasteiger partial charge in [-0.15, -0.1) is 0 Å². The van der Waals surface area contributed by atoms with Crippen molar-refractivity contribution >= 4 is 35.1 Å². The van der Waals surface area contributed by atoms with Crippen molar-refractivity contribution in [3.63, 3.8) is 0 Å². The van der Waals surface area contributed by atoms with Gasteiger partial charge in [-0.25, -0.2) is 9.97 Å². The van der Waals surface area contributed by atoms with Crippen LogP contribution in [0.5, 0.6) is 0 Å². The fraction of sp³-hybridized carbons (Fsp3) is 0.500. The number of carboxylic acid groups (broad SMARTS) is 1. The number of nitrogens with zero attached hydrogens (tertiary/aromatic N) is 3. The number of carboxylic acids is 1. The van der Waals surface area contributed by atoms with Gasteiger partial charge < -0.3 is 10.0 Å².